The first-order chi connectivity index (χ1) is 8.19. The van der Waals surface area contributed by atoms with Crippen LogP contribution in [-0.4, -0.2) is 12.0 Å². The van der Waals surface area contributed by atoms with Gasteiger partial charge in [-0.15, -0.1) is 11.3 Å². The lowest BCUT2D eigenvalue weighted by Crippen LogP contribution is -1.91. The van der Waals surface area contributed by atoms with E-state index in [9.17, 15) is 0 Å². The fourth-order valence-corrected chi connectivity index (χ4v) is 2.70. The van der Waals surface area contributed by atoms with Gasteiger partial charge in [-0.3, -0.25) is 0 Å². The molecule has 0 unspecified atom stereocenters. The van der Waals surface area contributed by atoms with Gasteiger partial charge in [-0.2, -0.15) is 0 Å². The molecular weight excluding hydrogens is 228 g/mol. The molecule has 1 aromatic carbocycles. The van der Waals surface area contributed by atoms with E-state index in [0.717, 1.165) is 23.7 Å². The highest BCUT2D eigenvalue weighted by atomic mass is 32.1. The molecular formula is C14H18N2S. The van der Waals surface area contributed by atoms with Gasteiger partial charge in [-0.05, 0) is 32.3 Å². The Morgan fingerprint density at radius 2 is 1.82 bits per heavy atom. The molecule has 0 radical (unpaired) electrons. The summed E-state index contributed by atoms with van der Waals surface area (Å²) in [6.45, 7) is 4.21. The number of rotatable bonds is 4. The SMILES string of the molecule is CNc1nc(C)c(CCc2ccc(C)cc2)s1. The summed E-state index contributed by atoms with van der Waals surface area (Å²) in [5.41, 5.74) is 3.88. The fourth-order valence-electron chi connectivity index (χ4n) is 1.78. The van der Waals surface area contributed by atoms with Crippen molar-refractivity contribution in [3.63, 3.8) is 0 Å². The Bertz CT molecular complexity index is 485. The number of hydrogen-bond acceptors (Lipinski definition) is 3. The highest BCUT2D eigenvalue weighted by Gasteiger charge is 2.06. The Morgan fingerprint density at radius 1 is 1.12 bits per heavy atom. The highest BCUT2D eigenvalue weighted by Crippen LogP contribution is 2.23. The van der Waals surface area contributed by atoms with Crippen molar-refractivity contribution in [3.8, 4) is 0 Å². The average molecular weight is 246 g/mol. The third kappa shape index (κ3) is 3.07. The van der Waals surface area contributed by atoms with E-state index in [-0.39, 0.29) is 0 Å². The normalized spacial score (nSPS) is 10.5. The molecule has 0 amide bonds. The summed E-state index contributed by atoms with van der Waals surface area (Å²) in [5.74, 6) is 0. The highest BCUT2D eigenvalue weighted by molar-refractivity contribution is 7.15. The van der Waals surface area contributed by atoms with Crippen LogP contribution in [0, 0.1) is 13.8 Å². The maximum Gasteiger partial charge on any atom is 0.182 e. The first-order valence-corrected chi connectivity index (χ1v) is 6.70. The number of hydrogen-bond donors (Lipinski definition) is 1. The smallest absolute Gasteiger partial charge is 0.182 e. The molecule has 0 aliphatic carbocycles. The summed E-state index contributed by atoms with van der Waals surface area (Å²) in [6.07, 6.45) is 2.17. The molecule has 2 aromatic rings. The van der Waals surface area contributed by atoms with E-state index in [1.165, 1.54) is 16.0 Å². The number of aromatic nitrogens is 1. The molecule has 0 saturated heterocycles. The molecule has 2 nitrogen and oxygen atoms in total. The van der Waals surface area contributed by atoms with E-state index in [1.54, 1.807) is 11.3 Å². The fraction of sp³-hybridized carbons (Fsp3) is 0.357. The third-order valence-corrected chi connectivity index (χ3v) is 4.10. The van der Waals surface area contributed by atoms with E-state index in [0.29, 0.717) is 0 Å². The molecule has 0 bridgehead atoms. The van der Waals surface area contributed by atoms with Gasteiger partial charge in [-0.1, -0.05) is 29.8 Å². The Labute approximate surface area is 107 Å². The van der Waals surface area contributed by atoms with Crippen molar-refractivity contribution >= 4 is 16.5 Å². The number of nitrogens with one attached hydrogen (secondary N) is 1. The Hall–Kier alpha value is -1.35. The molecule has 1 aromatic heterocycles. The largest absolute Gasteiger partial charge is 0.365 e. The van der Waals surface area contributed by atoms with Gasteiger partial charge in [0.15, 0.2) is 5.13 Å². The predicted molar refractivity (Wildman–Crippen MR) is 75.0 cm³/mol. The zero-order chi connectivity index (χ0) is 12.3. The van der Waals surface area contributed by atoms with Crippen LogP contribution in [0.1, 0.15) is 21.7 Å². The van der Waals surface area contributed by atoms with E-state index >= 15 is 0 Å². The van der Waals surface area contributed by atoms with Crippen molar-refractivity contribution in [1.82, 2.24) is 4.98 Å². The molecule has 1 N–H and O–H groups in total. The van der Waals surface area contributed by atoms with Gasteiger partial charge >= 0.3 is 0 Å². The van der Waals surface area contributed by atoms with Crippen molar-refractivity contribution in [3.05, 3.63) is 46.0 Å². The molecule has 90 valence electrons. The minimum absolute atomic E-state index is 1.02. The lowest BCUT2D eigenvalue weighted by atomic mass is 10.1. The summed E-state index contributed by atoms with van der Waals surface area (Å²) in [6, 6.07) is 8.77. The number of nitrogens with zero attached hydrogens (tertiary/aromatic N) is 1. The van der Waals surface area contributed by atoms with Gasteiger partial charge in [0.1, 0.15) is 0 Å². The van der Waals surface area contributed by atoms with E-state index in [2.05, 4.69) is 48.4 Å². The van der Waals surface area contributed by atoms with E-state index < -0.39 is 0 Å². The average Bonchev–Trinajstić information content (AvgIpc) is 2.69. The molecule has 2 rings (SSSR count). The number of anilines is 1. The maximum atomic E-state index is 4.46. The van der Waals surface area contributed by atoms with Crippen LogP contribution in [-0.2, 0) is 12.8 Å². The molecule has 0 saturated carbocycles. The topological polar surface area (TPSA) is 24.9 Å². The second-order valence-electron chi connectivity index (χ2n) is 4.26. The number of benzene rings is 1. The second kappa shape index (κ2) is 5.32. The predicted octanol–water partition coefficient (Wildman–Crippen LogP) is 3.59. The van der Waals surface area contributed by atoms with Crippen molar-refractivity contribution in [2.24, 2.45) is 0 Å². The van der Waals surface area contributed by atoms with Crippen LogP contribution in [0.2, 0.25) is 0 Å². The summed E-state index contributed by atoms with van der Waals surface area (Å²) in [4.78, 5) is 5.85. The number of thiazole rings is 1. The lowest BCUT2D eigenvalue weighted by Gasteiger charge is -2.01. The second-order valence-corrected chi connectivity index (χ2v) is 5.35. The minimum Gasteiger partial charge on any atom is -0.365 e. The first kappa shape index (κ1) is 12.1. The van der Waals surface area contributed by atoms with Crippen LogP contribution in [0.3, 0.4) is 0 Å². The van der Waals surface area contributed by atoms with Crippen LogP contribution in [0.25, 0.3) is 0 Å². The maximum absolute atomic E-state index is 4.46. The summed E-state index contributed by atoms with van der Waals surface area (Å²) in [7, 11) is 1.92. The number of aryl methyl sites for hydroxylation is 4. The van der Waals surface area contributed by atoms with Crippen LogP contribution in [0.4, 0.5) is 5.13 Å². The molecule has 0 aliphatic rings. The van der Waals surface area contributed by atoms with Gasteiger partial charge in [0, 0.05) is 11.9 Å². The van der Waals surface area contributed by atoms with Gasteiger partial charge < -0.3 is 5.32 Å². The zero-order valence-corrected chi connectivity index (χ0v) is 11.4. The van der Waals surface area contributed by atoms with Crippen molar-refractivity contribution < 1.29 is 0 Å². The molecule has 17 heavy (non-hydrogen) atoms. The molecule has 3 heteroatoms. The van der Waals surface area contributed by atoms with E-state index in [1.807, 2.05) is 7.05 Å². The van der Waals surface area contributed by atoms with Gasteiger partial charge in [-0.25, -0.2) is 4.98 Å². The van der Waals surface area contributed by atoms with Crippen LogP contribution in [0.5, 0.6) is 0 Å². The van der Waals surface area contributed by atoms with Crippen LogP contribution < -0.4 is 5.32 Å². The van der Waals surface area contributed by atoms with Gasteiger partial charge in [0.2, 0.25) is 0 Å². The quantitative estimate of drug-likeness (QED) is 0.891. The Balaban J connectivity index is 2.01. The first-order valence-electron chi connectivity index (χ1n) is 5.88. The standard InChI is InChI=1S/C14H18N2S/c1-10-4-6-12(7-5-10)8-9-13-11(2)16-14(15-3)17-13/h4-7H,8-9H2,1-3H3,(H,15,16). The molecule has 0 aliphatic heterocycles. The van der Waals surface area contributed by atoms with Gasteiger partial charge in [0.25, 0.3) is 0 Å². The summed E-state index contributed by atoms with van der Waals surface area (Å²) < 4.78 is 0. The minimum atomic E-state index is 1.02. The molecule has 0 spiro atoms. The van der Waals surface area contributed by atoms with Crippen molar-refractivity contribution in [1.29, 1.82) is 0 Å². The molecule has 0 atom stereocenters. The zero-order valence-electron chi connectivity index (χ0n) is 10.6. The summed E-state index contributed by atoms with van der Waals surface area (Å²) >= 11 is 1.76. The molecule has 0 fully saturated rings. The molecule has 1 heterocycles. The Kier molecular flexibility index (Phi) is 3.79. The van der Waals surface area contributed by atoms with Gasteiger partial charge in [0.05, 0.1) is 5.69 Å². The van der Waals surface area contributed by atoms with Crippen LogP contribution in [0.15, 0.2) is 24.3 Å². The Morgan fingerprint density at radius 3 is 2.41 bits per heavy atom. The van der Waals surface area contributed by atoms with Crippen LogP contribution >= 0.6 is 11.3 Å². The van der Waals surface area contributed by atoms with Crippen molar-refractivity contribution in [2.75, 3.05) is 12.4 Å². The monoisotopic (exact) mass is 246 g/mol. The third-order valence-electron chi connectivity index (χ3n) is 2.87. The van der Waals surface area contributed by atoms with Crippen molar-refractivity contribution in [2.45, 2.75) is 26.7 Å². The van der Waals surface area contributed by atoms with E-state index in [4.69, 9.17) is 0 Å². The summed E-state index contributed by atoms with van der Waals surface area (Å²) in [5, 5.41) is 4.12. The lowest BCUT2D eigenvalue weighted by molar-refractivity contribution is 0.961.